The molecular weight excluding hydrogens is 262 g/mol. The number of para-hydroxylation sites is 1. The quantitative estimate of drug-likeness (QED) is 0.781. The minimum absolute atomic E-state index is 0.632. The second kappa shape index (κ2) is 6.01. The van der Waals surface area contributed by atoms with E-state index in [1.165, 1.54) is 17.3 Å². The van der Waals surface area contributed by atoms with Crippen molar-refractivity contribution in [3.63, 3.8) is 0 Å². The lowest BCUT2D eigenvalue weighted by molar-refractivity contribution is 0.553. The van der Waals surface area contributed by atoms with Gasteiger partial charge in [0.25, 0.3) is 0 Å². The van der Waals surface area contributed by atoms with Crippen LogP contribution in [0.5, 0.6) is 0 Å². The predicted molar refractivity (Wildman–Crippen MR) is 83.2 cm³/mol. The maximum Gasteiger partial charge on any atom is 0.156 e. The molecule has 0 spiro atoms. The molecule has 108 valence electrons. The molecule has 0 radical (unpaired) electrons. The van der Waals surface area contributed by atoms with E-state index in [1.54, 1.807) is 11.0 Å². The molecule has 0 aliphatic heterocycles. The van der Waals surface area contributed by atoms with Gasteiger partial charge in [0.1, 0.15) is 12.7 Å². The predicted octanol–water partition coefficient (Wildman–Crippen LogP) is 2.56. The monoisotopic (exact) mass is 281 g/mol. The van der Waals surface area contributed by atoms with Crippen LogP contribution in [0.1, 0.15) is 19.4 Å². The molecule has 0 fully saturated rings. The molecule has 0 atom stereocenters. The number of nitrogens with zero attached hydrogens (tertiary/aromatic N) is 4. The van der Waals surface area contributed by atoms with Crippen LogP contribution >= 0.6 is 0 Å². The zero-order chi connectivity index (χ0) is 14.7. The summed E-state index contributed by atoms with van der Waals surface area (Å²) in [7, 11) is 0. The Labute approximate surface area is 124 Å². The Morgan fingerprint density at radius 1 is 1.24 bits per heavy atom. The number of hydrogen-bond donors (Lipinski definition) is 1. The molecule has 3 rings (SSSR count). The van der Waals surface area contributed by atoms with E-state index in [0.29, 0.717) is 5.92 Å². The first-order valence-electron chi connectivity index (χ1n) is 7.18. The van der Waals surface area contributed by atoms with Crippen molar-refractivity contribution in [1.29, 1.82) is 0 Å². The SMILES string of the molecule is CC(C)CNCc1cc(-n2cncn2)nc2ccccc12. The van der Waals surface area contributed by atoms with Gasteiger partial charge in [-0.15, -0.1) is 0 Å². The molecule has 0 saturated heterocycles. The first-order valence-corrected chi connectivity index (χ1v) is 7.18. The van der Waals surface area contributed by atoms with E-state index in [-0.39, 0.29) is 0 Å². The first kappa shape index (κ1) is 13.7. The van der Waals surface area contributed by atoms with Crippen molar-refractivity contribution in [1.82, 2.24) is 25.1 Å². The summed E-state index contributed by atoms with van der Waals surface area (Å²) in [5.74, 6) is 1.43. The fourth-order valence-corrected chi connectivity index (χ4v) is 2.32. The van der Waals surface area contributed by atoms with Gasteiger partial charge in [-0.2, -0.15) is 5.10 Å². The summed E-state index contributed by atoms with van der Waals surface area (Å²) < 4.78 is 1.69. The van der Waals surface area contributed by atoms with Crippen LogP contribution < -0.4 is 5.32 Å². The van der Waals surface area contributed by atoms with E-state index in [9.17, 15) is 0 Å². The molecule has 0 amide bonds. The number of aromatic nitrogens is 4. The van der Waals surface area contributed by atoms with E-state index < -0.39 is 0 Å². The molecule has 0 bridgehead atoms. The first-order chi connectivity index (χ1) is 10.2. The Hall–Kier alpha value is -2.27. The lowest BCUT2D eigenvalue weighted by Gasteiger charge is -2.11. The van der Waals surface area contributed by atoms with Crippen LogP contribution in [0.15, 0.2) is 43.0 Å². The number of fused-ring (bicyclic) bond motifs is 1. The van der Waals surface area contributed by atoms with Crippen LogP contribution in [0.25, 0.3) is 16.7 Å². The molecule has 0 saturated carbocycles. The molecule has 2 aromatic heterocycles. The Morgan fingerprint density at radius 3 is 2.86 bits per heavy atom. The summed E-state index contributed by atoms with van der Waals surface area (Å²) >= 11 is 0. The highest BCUT2D eigenvalue weighted by Crippen LogP contribution is 2.19. The zero-order valence-corrected chi connectivity index (χ0v) is 12.3. The number of rotatable bonds is 5. The van der Waals surface area contributed by atoms with Gasteiger partial charge in [0.15, 0.2) is 5.82 Å². The summed E-state index contributed by atoms with van der Waals surface area (Å²) in [5, 5.41) is 8.84. The Bertz CT molecular complexity index is 719. The molecule has 0 aliphatic rings. The average molecular weight is 281 g/mol. The zero-order valence-electron chi connectivity index (χ0n) is 12.3. The third-order valence-corrected chi connectivity index (χ3v) is 3.31. The van der Waals surface area contributed by atoms with Gasteiger partial charge in [0.2, 0.25) is 0 Å². The summed E-state index contributed by atoms with van der Waals surface area (Å²) in [6.07, 6.45) is 3.19. The minimum Gasteiger partial charge on any atom is -0.312 e. The second-order valence-electron chi connectivity index (χ2n) is 5.52. The van der Waals surface area contributed by atoms with Crippen molar-refractivity contribution in [2.45, 2.75) is 20.4 Å². The Balaban J connectivity index is 1.99. The Morgan fingerprint density at radius 2 is 2.10 bits per heavy atom. The number of benzene rings is 1. The fraction of sp³-hybridized carbons (Fsp3) is 0.312. The normalized spacial score (nSPS) is 11.4. The maximum absolute atomic E-state index is 4.65. The smallest absolute Gasteiger partial charge is 0.156 e. The lowest BCUT2D eigenvalue weighted by Crippen LogP contribution is -2.19. The van der Waals surface area contributed by atoms with Crippen LogP contribution in [0.4, 0.5) is 0 Å². The van der Waals surface area contributed by atoms with E-state index in [1.807, 2.05) is 18.2 Å². The number of nitrogens with one attached hydrogen (secondary N) is 1. The van der Waals surface area contributed by atoms with Gasteiger partial charge in [-0.1, -0.05) is 32.0 Å². The maximum atomic E-state index is 4.65. The highest BCUT2D eigenvalue weighted by atomic mass is 15.3. The van der Waals surface area contributed by atoms with Crippen molar-refractivity contribution in [3.05, 3.63) is 48.5 Å². The summed E-state index contributed by atoms with van der Waals surface area (Å²) in [6.45, 7) is 6.23. The molecular formula is C16H19N5. The van der Waals surface area contributed by atoms with Gasteiger partial charge in [-0.05, 0) is 30.2 Å². The van der Waals surface area contributed by atoms with Crippen LogP contribution in [-0.2, 0) is 6.54 Å². The molecule has 21 heavy (non-hydrogen) atoms. The molecule has 5 nitrogen and oxygen atoms in total. The molecule has 0 aliphatic carbocycles. The van der Waals surface area contributed by atoms with Gasteiger partial charge in [-0.25, -0.2) is 14.6 Å². The van der Waals surface area contributed by atoms with Gasteiger partial charge >= 0.3 is 0 Å². The minimum atomic E-state index is 0.632. The molecule has 0 unspecified atom stereocenters. The van der Waals surface area contributed by atoms with Crippen molar-refractivity contribution >= 4 is 10.9 Å². The standard InChI is InChI=1S/C16H19N5/c1-12(2)8-17-9-13-7-16(21-11-18-10-19-21)20-15-6-4-3-5-14(13)15/h3-7,10-12,17H,8-9H2,1-2H3. The van der Waals surface area contributed by atoms with Gasteiger partial charge < -0.3 is 5.32 Å². The number of hydrogen-bond acceptors (Lipinski definition) is 4. The summed E-state index contributed by atoms with van der Waals surface area (Å²) in [6, 6.07) is 10.3. The third kappa shape index (κ3) is 3.08. The Kier molecular flexibility index (Phi) is 3.92. The largest absolute Gasteiger partial charge is 0.312 e. The van der Waals surface area contributed by atoms with E-state index >= 15 is 0 Å². The highest BCUT2D eigenvalue weighted by Gasteiger charge is 2.07. The van der Waals surface area contributed by atoms with Gasteiger partial charge in [-0.3, -0.25) is 0 Å². The van der Waals surface area contributed by atoms with Gasteiger partial charge in [0.05, 0.1) is 5.52 Å². The third-order valence-electron chi connectivity index (χ3n) is 3.31. The lowest BCUT2D eigenvalue weighted by atomic mass is 10.1. The molecule has 1 N–H and O–H groups in total. The van der Waals surface area contributed by atoms with Crippen LogP contribution in [-0.4, -0.2) is 26.3 Å². The second-order valence-corrected chi connectivity index (χ2v) is 5.52. The van der Waals surface area contributed by atoms with Crippen LogP contribution in [0.3, 0.4) is 0 Å². The summed E-state index contributed by atoms with van der Waals surface area (Å²) in [5.41, 5.74) is 2.21. The molecule has 2 heterocycles. The fourth-order valence-electron chi connectivity index (χ4n) is 2.32. The van der Waals surface area contributed by atoms with Crippen molar-refractivity contribution < 1.29 is 0 Å². The summed E-state index contributed by atoms with van der Waals surface area (Å²) in [4.78, 5) is 8.64. The number of pyridine rings is 1. The van der Waals surface area contributed by atoms with E-state index in [2.05, 4.69) is 46.4 Å². The van der Waals surface area contributed by atoms with Crippen LogP contribution in [0, 0.1) is 5.92 Å². The topological polar surface area (TPSA) is 55.6 Å². The van der Waals surface area contributed by atoms with Crippen molar-refractivity contribution in [2.75, 3.05) is 6.54 Å². The molecule has 3 aromatic rings. The van der Waals surface area contributed by atoms with Gasteiger partial charge in [0, 0.05) is 11.9 Å². The van der Waals surface area contributed by atoms with E-state index in [4.69, 9.17) is 0 Å². The average Bonchev–Trinajstić information content (AvgIpc) is 3.01. The van der Waals surface area contributed by atoms with Crippen molar-refractivity contribution in [2.24, 2.45) is 5.92 Å². The van der Waals surface area contributed by atoms with Crippen LogP contribution in [0.2, 0.25) is 0 Å². The molecule has 1 aromatic carbocycles. The highest BCUT2D eigenvalue weighted by molar-refractivity contribution is 5.83. The van der Waals surface area contributed by atoms with E-state index in [0.717, 1.165) is 24.4 Å². The molecule has 5 heteroatoms. The van der Waals surface area contributed by atoms with Crippen molar-refractivity contribution in [3.8, 4) is 5.82 Å².